The van der Waals surface area contributed by atoms with Gasteiger partial charge in [-0.1, -0.05) is 5.16 Å². The lowest BCUT2D eigenvalue weighted by atomic mass is 10.1. The highest BCUT2D eigenvalue weighted by atomic mass is 16.5. The standard InChI is InChI=1S/C10H17N3O2/c1-10(2,11-3)9-12-8(13-15-9)7-5-4-6-14-7/h7,11H,4-6H2,1-3H3. The van der Waals surface area contributed by atoms with Crippen molar-refractivity contribution in [3.05, 3.63) is 11.7 Å². The van der Waals surface area contributed by atoms with Crippen LogP contribution in [0.2, 0.25) is 0 Å². The van der Waals surface area contributed by atoms with Crippen LogP contribution < -0.4 is 5.32 Å². The molecule has 0 amide bonds. The lowest BCUT2D eigenvalue weighted by Gasteiger charge is -2.17. The summed E-state index contributed by atoms with van der Waals surface area (Å²) >= 11 is 0. The smallest absolute Gasteiger partial charge is 0.246 e. The molecule has 2 heterocycles. The van der Waals surface area contributed by atoms with Crippen molar-refractivity contribution in [2.24, 2.45) is 0 Å². The molecule has 1 aromatic rings. The van der Waals surface area contributed by atoms with E-state index in [-0.39, 0.29) is 11.6 Å². The molecular weight excluding hydrogens is 194 g/mol. The molecule has 5 nitrogen and oxygen atoms in total. The molecule has 1 fully saturated rings. The Kier molecular flexibility index (Phi) is 2.75. The minimum Gasteiger partial charge on any atom is -0.370 e. The van der Waals surface area contributed by atoms with Crippen molar-refractivity contribution in [3.63, 3.8) is 0 Å². The Morgan fingerprint density at radius 1 is 1.47 bits per heavy atom. The highest BCUT2D eigenvalue weighted by Gasteiger charge is 2.29. The van der Waals surface area contributed by atoms with Crippen LogP contribution in [0.3, 0.4) is 0 Å². The highest BCUT2D eigenvalue weighted by molar-refractivity contribution is 5.01. The SMILES string of the molecule is CNC(C)(C)c1nc(C2CCCO2)no1. The summed E-state index contributed by atoms with van der Waals surface area (Å²) in [6, 6.07) is 0. The van der Waals surface area contributed by atoms with Gasteiger partial charge in [0.1, 0.15) is 6.10 Å². The molecule has 1 unspecified atom stereocenters. The Bertz CT molecular complexity index is 329. The van der Waals surface area contributed by atoms with E-state index in [4.69, 9.17) is 9.26 Å². The van der Waals surface area contributed by atoms with E-state index in [1.54, 1.807) is 0 Å². The van der Waals surface area contributed by atoms with Crippen LogP contribution in [0.25, 0.3) is 0 Å². The Balaban J connectivity index is 2.16. The van der Waals surface area contributed by atoms with Gasteiger partial charge < -0.3 is 14.6 Å². The maximum Gasteiger partial charge on any atom is 0.246 e. The summed E-state index contributed by atoms with van der Waals surface area (Å²) in [6.45, 7) is 4.80. The van der Waals surface area contributed by atoms with Crippen molar-refractivity contribution in [2.45, 2.75) is 38.3 Å². The van der Waals surface area contributed by atoms with Crippen LogP contribution in [0.1, 0.15) is 44.5 Å². The average molecular weight is 211 g/mol. The van der Waals surface area contributed by atoms with E-state index in [1.807, 2.05) is 20.9 Å². The van der Waals surface area contributed by atoms with Crippen molar-refractivity contribution in [1.29, 1.82) is 0 Å². The van der Waals surface area contributed by atoms with Gasteiger partial charge in [0.05, 0.1) is 5.54 Å². The maximum atomic E-state index is 5.49. The largest absolute Gasteiger partial charge is 0.370 e. The predicted molar refractivity (Wildman–Crippen MR) is 54.3 cm³/mol. The van der Waals surface area contributed by atoms with E-state index in [0.29, 0.717) is 11.7 Å². The third-order valence-electron chi connectivity index (χ3n) is 2.82. The summed E-state index contributed by atoms with van der Waals surface area (Å²) < 4.78 is 10.7. The molecule has 2 rings (SSSR count). The first kappa shape index (κ1) is 10.6. The monoisotopic (exact) mass is 211 g/mol. The molecule has 15 heavy (non-hydrogen) atoms. The van der Waals surface area contributed by atoms with Gasteiger partial charge in [-0.05, 0) is 33.7 Å². The first-order valence-electron chi connectivity index (χ1n) is 5.28. The van der Waals surface area contributed by atoms with E-state index >= 15 is 0 Å². The molecule has 1 aliphatic rings. The number of rotatable bonds is 3. The third kappa shape index (κ3) is 2.03. The van der Waals surface area contributed by atoms with Crippen LogP contribution in [0.4, 0.5) is 0 Å². The first-order chi connectivity index (χ1) is 7.13. The maximum absolute atomic E-state index is 5.49. The van der Waals surface area contributed by atoms with Crippen molar-refractivity contribution in [2.75, 3.05) is 13.7 Å². The second-order valence-corrected chi connectivity index (χ2v) is 4.33. The number of hydrogen-bond acceptors (Lipinski definition) is 5. The molecule has 1 saturated heterocycles. The number of nitrogens with zero attached hydrogens (tertiary/aromatic N) is 2. The van der Waals surface area contributed by atoms with E-state index in [0.717, 1.165) is 19.4 Å². The van der Waals surface area contributed by atoms with E-state index in [2.05, 4.69) is 15.5 Å². The van der Waals surface area contributed by atoms with Crippen LogP contribution in [0.5, 0.6) is 0 Å². The van der Waals surface area contributed by atoms with Gasteiger partial charge in [-0.25, -0.2) is 0 Å². The lowest BCUT2D eigenvalue weighted by Crippen LogP contribution is -2.33. The highest BCUT2D eigenvalue weighted by Crippen LogP contribution is 2.27. The number of aromatic nitrogens is 2. The van der Waals surface area contributed by atoms with Crippen molar-refractivity contribution in [1.82, 2.24) is 15.5 Å². The van der Waals surface area contributed by atoms with E-state index < -0.39 is 0 Å². The fraction of sp³-hybridized carbons (Fsp3) is 0.800. The second kappa shape index (κ2) is 3.90. The Labute approximate surface area is 89.2 Å². The molecule has 0 aliphatic carbocycles. The molecule has 0 spiro atoms. The van der Waals surface area contributed by atoms with Crippen molar-refractivity contribution in [3.8, 4) is 0 Å². The molecule has 0 aromatic carbocycles. The second-order valence-electron chi connectivity index (χ2n) is 4.33. The third-order valence-corrected chi connectivity index (χ3v) is 2.82. The summed E-state index contributed by atoms with van der Waals surface area (Å²) in [4.78, 5) is 4.37. The molecule has 1 aliphatic heterocycles. The Morgan fingerprint density at radius 3 is 2.87 bits per heavy atom. The molecular formula is C10H17N3O2. The van der Waals surface area contributed by atoms with E-state index in [1.165, 1.54) is 0 Å². The molecule has 1 N–H and O–H groups in total. The van der Waals surface area contributed by atoms with Gasteiger partial charge in [0.2, 0.25) is 11.7 Å². The fourth-order valence-corrected chi connectivity index (χ4v) is 1.51. The molecule has 0 radical (unpaired) electrons. The van der Waals surface area contributed by atoms with Crippen LogP contribution >= 0.6 is 0 Å². The molecule has 5 heteroatoms. The summed E-state index contributed by atoms with van der Waals surface area (Å²) in [5, 5.41) is 7.09. The Hall–Kier alpha value is -0.940. The lowest BCUT2D eigenvalue weighted by molar-refractivity contribution is 0.103. The minimum atomic E-state index is -0.288. The zero-order valence-electron chi connectivity index (χ0n) is 9.41. The van der Waals surface area contributed by atoms with Gasteiger partial charge in [-0.15, -0.1) is 0 Å². The minimum absolute atomic E-state index is 0.0233. The van der Waals surface area contributed by atoms with Crippen LogP contribution in [-0.2, 0) is 10.3 Å². The number of hydrogen-bond donors (Lipinski definition) is 1. The number of ether oxygens (including phenoxy) is 1. The summed E-state index contributed by atoms with van der Waals surface area (Å²) in [5.74, 6) is 1.28. The summed E-state index contributed by atoms with van der Waals surface area (Å²) in [6.07, 6.45) is 2.08. The van der Waals surface area contributed by atoms with Gasteiger partial charge in [0, 0.05) is 6.61 Å². The topological polar surface area (TPSA) is 60.2 Å². The molecule has 0 bridgehead atoms. The Morgan fingerprint density at radius 2 is 2.27 bits per heavy atom. The quantitative estimate of drug-likeness (QED) is 0.818. The molecule has 1 atom stereocenters. The summed E-state index contributed by atoms with van der Waals surface area (Å²) in [5.41, 5.74) is -0.288. The van der Waals surface area contributed by atoms with E-state index in [9.17, 15) is 0 Å². The normalized spacial score (nSPS) is 22.2. The number of nitrogens with one attached hydrogen (secondary N) is 1. The summed E-state index contributed by atoms with van der Waals surface area (Å²) in [7, 11) is 1.87. The van der Waals surface area contributed by atoms with Crippen LogP contribution in [-0.4, -0.2) is 23.8 Å². The molecule has 1 aromatic heterocycles. The van der Waals surface area contributed by atoms with Crippen LogP contribution in [0, 0.1) is 0 Å². The average Bonchev–Trinajstić information content (AvgIpc) is 2.88. The van der Waals surface area contributed by atoms with Gasteiger partial charge in [-0.2, -0.15) is 4.98 Å². The predicted octanol–water partition coefficient (Wildman–Crippen LogP) is 1.38. The van der Waals surface area contributed by atoms with Gasteiger partial charge in [-0.3, -0.25) is 0 Å². The fourth-order valence-electron chi connectivity index (χ4n) is 1.51. The molecule has 84 valence electrons. The zero-order valence-corrected chi connectivity index (χ0v) is 9.41. The van der Waals surface area contributed by atoms with Crippen molar-refractivity contribution >= 4 is 0 Å². The van der Waals surface area contributed by atoms with Gasteiger partial charge >= 0.3 is 0 Å². The zero-order chi connectivity index (χ0) is 10.9. The van der Waals surface area contributed by atoms with Crippen molar-refractivity contribution < 1.29 is 9.26 Å². The molecule has 0 saturated carbocycles. The van der Waals surface area contributed by atoms with Crippen LogP contribution in [0.15, 0.2) is 4.52 Å². The van der Waals surface area contributed by atoms with Gasteiger partial charge in [0.15, 0.2) is 0 Å². The first-order valence-corrected chi connectivity index (χ1v) is 5.28. The van der Waals surface area contributed by atoms with Gasteiger partial charge in [0.25, 0.3) is 0 Å².